The molecule has 0 bridgehead atoms. The van der Waals surface area contributed by atoms with E-state index in [-0.39, 0.29) is 6.61 Å². The second-order valence-electron chi connectivity index (χ2n) is 7.94. The first-order chi connectivity index (χ1) is 15.7. The number of aryl methyl sites for hydroxylation is 5. The van der Waals surface area contributed by atoms with Crippen molar-refractivity contribution < 1.29 is 14.3 Å². The first-order valence-electron chi connectivity index (χ1n) is 10.5. The van der Waals surface area contributed by atoms with Crippen molar-refractivity contribution in [2.24, 2.45) is 0 Å². The van der Waals surface area contributed by atoms with Crippen molar-refractivity contribution in [2.75, 3.05) is 6.61 Å². The fourth-order valence-corrected chi connectivity index (χ4v) is 4.33. The van der Waals surface area contributed by atoms with Gasteiger partial charge < -0.3 is 4.74 Å². The van der Waals surface area contributed by atoms with E-state index in [4.69, 9.17) is 4.74 Å². The van der Waals surface area contributed by atoms with Gasteiger partial charge in [0.2, 0.25) is 0 Å². The lowest BCUT2D eigenvalue weighted by atomic mass is 10.1. The summed E-state index contributed by atoms with van der Waals surface area (Å²) in [6, 6.07) is 13.1. The van der Waals surface area contributed by atoms with Gasteiger partial charge in [-0.1, -0.05) is 41.6 Å². The van der Waals surface area contributed by atoms with E-state index in [0.29, 0.717) is 17.1 Å². The van der Waals surface area contributed by atoms with Crippen LogP contribution >= 0.6 is 11.8 Å². The second kappa shape index (κ2) is 11.0. The Morgan fingerprint density at radius 2 is 1.48 bits per heavy atom. The molecule has 3 aromatic rings. The summed E-state index contributed by atoms with van der Waals surface area (Å²) in [6.45, 7) is 9.58. The van der Waals surface area contributed by atoms with Crippen molar-refractivity contribution in [2.45, 2.75) is 45.5 Å². The number of hydrogen-bond donors (Lipinski definition) is 2. The monoisotopic (exact) mass is 464 g/mol. The highest BCUT2D eigenvalue weighted by Gasteiger charge is 2.11. The quantitative estimate of drug-likeness (QED) is 0.310. The predicted octanol–water partition coefficient (Wildman–Crippen LogP) is 4.15. The average Bonchev–Trinajstić information content (AvgIpc) is 2.75. The molecule has 0 aliphatic heterocycles. The van der Waals surface area contributed by atoms with Crippen molar-refractivity contribution in [3.8, 4) is 5.75 Å². The molecule has 0 aliphatic carbocycles. The SMILES string of the molecule is Cc1cc(C)c(OCC(=O)NNC(=O)c2ccc(CSc3nc(C)cc(C)n3)cc2)c(C)c1. The van der Waals surface area contributed by atoms with Crippen LogP contribution in [0.4, 0.5) is 0 Å². The molecule has 1 aromatic heterocycles. The van der Waals surface area contributed by atoms with Gasteiger partial charge in [-0.2, -0.15) is 0 Å². The third kappa shape index (κ3) is 7.05. The number of aromatic nitrogens is 2. The van der Waals surface area contributed by atoms with Gasteiger partial charge in [0.15, 0.2) is 11.8 Å². The number of carbonyl (C=O) groups is 2. The van der Waals surface area contributed by atoms with Crippen LogP contribution in [0.5, 0.6) is 5.75 Å². The van der Waals surface area contributed by atoms with Crippen LogP contribution in [-0.2, 0) is 10.5 Å². The minimum Gasteiger partial charge on any atom is -0.483 e. The Balaban J connectivity index is 1.47. The van der Waals surface area contributed by atoms with Gasteiger partial charge >= 0.3 is 0 Å². The summed E-state index contributed by atoms with van der Waals surface area (Å²) in [5.74, 6) is 0.533. The molecule has 2 N–H and O–H groups in total. The van der Waals surface area contributed by atoms with Crippen LogP contribution in [0.25, 0.3) is 0 Å². The van der Waals surface area contributed by atoms with E-state index in [9.17, 15) is 9.59 Å². The van der Waals surface area contributed by atoms with E-state index in [1.807, 2.05) is 65.0 Å². The van der Waals surface area contributed by atoms with Crippen LogP contribution < -0.4 is 15.6 Å². The zero-order valence-corrected chi connectivity index (χ0v) is 20.3. The molecule has 0 spiro atoms. The first-order valence-corrected chi connectivity index (χ1v) is 11.5. The Hall–Kier alpha value is -3.39. The Kier molecular flexibility index (Phi) is 8.06. The second-order valence-corrected chi connectivity index (χ2v) is 8.88. The fourth-order valence-electron chi connectivity index (χ4n) is 3.43. The first kappa shape index (κ1) is 24.3. The highest BCUT2D eigenvalue weighted by atomic mass is 32.2. The van der Waals surface area contributed by atoms with Crippen molar-refractivity contribution in [3.63, 3.8) is 0 Å². The van der Waals surface area contributed by atoms with Gasteiger partial charge in [0, 0.05) is 22.7 Å². The standard InChI is InChI=1S/C25H28N4O3S/c1-15-10-16(2)23(17(3)11-15)32-13-22(30)28-29-24(31)21-8-6-20(7-9-21)14-33-25-26-18(4)12-19(5)27-25/h6-12H,13-14H2,1-5H3,(H,28,30)(H,29,31). The van der Waals surface area contributed by atoms with Gasteiger partial charge in [0.05, 0.1) is 0 Å². The summed E-state index contributed by atoms with van der Waals surface area (Å²) in [4.78, 5) is 33.3. The van der Waals surface area contributed by atoms with Crippen molar-refractivity contribution in [1.82, 2.24) is 20.8 Å². The van der Waals surface area contributed by atoms with Gasteiger partial charge in [0.25, 0.3) is 11.8 Å². The zero-order chi connectivity index (χ0) is 24.0. The maximum absolute atomic E-state index is 12.3. The van der Waals surface area contributed by atoms with E-state index < -0.39 is 11.8 Å². The molecule has 8 heteroatoms. The maximum Gasteiger partial charge on any atom is 0.276 e. The molecule has 172 valence electrons. The average molecular weight is 465 g/mol. The van der Waals surface area contributed by atoms with Crippen molar-refractivity contribution in [1.29, 1.82) is 0 Å². The highest BCUT2D eigenvalue weighted by Crippen LogP contribution is 2.24. The lowest BCUT2D eigenvalue weighted by Crippen LogP contribution is -2.43. The number of benzene rings is 2. The molecule has 33 heavy (non-hydrogen) atoms. The van der Waals surface area contributed by atoms with Gasteiger partial charge in [-0.3, -0.25) is 20.4 Å². The number of hydrazine groups is 1. The molecular formula is C25H28N4O3S. The molecule has 0 unspecified atom stereocenters. The Labute approximate surface area is 198 Å². The molecule has 2 amide bonds. The Morgan fingerprint density at radius 1 is 0.879 bits per heavy atom. The largest absolute Gasteiger partial charge is 0.483 e. The number of thioether (sulfide) groups is 1. The molecule has 0 radical (unpaired) electrons. The molecule has 0 saturated heterocycles. The van der Waals surface area contributed by atoms with Crippen LogP contribution in [-0.4, -0.2) is 28.4 Å². The Morgan fingerprint density at radius 3 is 2.09 bits per heavy atom. The fraction of sp³-hybridized carbons (Fsp3) is 0.280. The number of nitrogens with one attached hydrogen (secondary N) is 2. The third-order valence-corrected chi connectivity index (χ3v) is 5.73. The summed E-state index contributed by atoms with van der Waals surface area (Å²) in [7, 11) is 0. The molecule has 0 atom stereocenters. The van der Waals surface area contributed by atoms with Gasteiger partial charge in [-0.25, -0.2) is 9.97 Å². The lowest BCUT2D eigenvalue weighted by Gasteiger charge is -2.13. The minimum atomic E-state index is -0.441. The summed E-state index contributed by atoms with van der Waals surface area (Å²) < 4.78 is 5.64. The van der Waals surface area contributed by atoms with E-state index in [2.05, 4.69) is 20.8 Å². The van der Waals surface area contributed by atoms with Gasteiger partial charge in [0.1, 0.15) is 5.75 Å². The van der Waals surface area contributed by atoms with Crippen LogP contribution in [0, 0.1) is 34.6 Å². The lowest BCUT2D eigenvalue weighted by molar-refractivity contribution is -0.123. The number of rotatable bonds is 7. The van der Waals surface area contributed by atoms with E-state index in [1.165, 1.54) is 0 Å². The van der Waals surface area contributed by atoms with Gasteiger partial charge in [-0.05, 0) is 69.5 Å². The van der Waals surface area contributed by atoms with Crippen LogP contribution in [0.1, 0.15) is 44.0 Å². The van der Waals surface area contributed by atoms with Gasteiger partial charge in [-0.15, -0.1) is 0 Å². The molecule has 0 fully saturated rings. The third-order valence-electron chi connectivity index (χ3n) is 4.81. The number of amides is 2. The normalized spacial score (nSPS) is 10.6. The van der Waals surface area contributed by atoms with E-state index in [0.717, 1.165) is 38.8 Å². The predicted molar refractivity (Wildman–Crippen MR) is 129 cm³/mol. The maximum atomic E-state index is 12.3. The molecule has 0 saturated carbocycles. The van der Waals surface area contributed by atoms with Crippen LogP contribution in [0.2, 0.25) is 0 Å². The molecule has 7 nitrogen and oxygen atoms in total. The molecular weight excluding hydrogens is 436 g/mol. The smallest absolute Gasteiger partial charge is 0.276 e. The van der Waals surface area contributed by atoms with Crippen molar-refractivity contribution in [3.05, 3.63) is 81.7 Å². The summed E-state index contributed by atoms with van der Waals surface area (Å²) in [5.41, 5.74) is 11.2. The van der Waals surface area contributed by atoms with E-state index in [1.54, 1.807) is 23.9 Å². The molecule has 1 heterocycles. The highest BCUT2D eigenvalue weighted by molar-refractivity contribution is 7.98. The molecule has 3 rings (SSSR count). The topological polar surface area (TPSA) is 93.2 Å². The van der Waals surface area contributed by atoms with Crippen LogP contribution in [0.15, 0.2) is 47.6 Å². The number of hydrogen-bond acceptors (Lipinski definition) is 6. The van der Waals surface area contributed by atoms with Crippen LogP contribution in [0.3, 0.4) is 0 Å². The summed E-state index contributed by atoms with van der Waals surface area (Å²) in [5, 5.41) is 0.732. The Bertz CT molecular complexity index is 1120. The number of carbonyl (C=O) groups excluding carboxylic acids is 2. The number of nitrogens with zero attached hydrogens (tertiary/aromatic N) is 2. The number of ether oxygens (including phenoxy) is 1. The summed E-state index contributed by atoms with van der Waals surface area (Å²) >= 11 is 1.54. The molecule has 0 aliphatic rings. The van der Waals surface area contributed by atoms with E-state index >= 15 is 0 Å². The molecule has 2 aromatic carbocycles. The van der Waals surface area contributed by atoms with Crippen molar-refractivity contribution >= 4 is 23.6 Å². The summed E-state index contributed by atoms with van der Waals surface area (Å²) in [6.07, 6.45) is 0. The zero-order valence-electron chi connectivity index (χ0n) is 19.5. The minimum absolute atomic E-state index is 0.193.